The number of nitrogens with one attached hydrogen (secondary N) is 1. The Morgan fingerprint density at radius 1 is 1.22 bits per heavy atom. The Hall–Kier alpha value is -0.740. The number of ether oxygens (including phenoxy) is 2. The first-order chi connectivity index (χ1) is 8.71. The standard InChI is InChI=1S/C14H20BrNO2/c1-17-13-5-3-4-11(8-13)16-12-6-10(15)7-14(9-12)18-2/h6-7,9,11,13,16H,3-5,8H2,1-2H3. The Labute approximate surface area is 117 Å². The predicted octanol–water partition coefficient (Wildman–Crippen LogP) is 3.83. The van der Waals surface area contributed by atoms with Gasteiger partial charge in [0.2, 0.25) is 0 Å². The largest absolute Gasteiger partial charge is 0.497 e. The molecule has 1 fully saturated rings. The van der Waals surface area contributed by atoms with E-state index in [0.29, 0.717) is 12.1 Å². The van der Waals surface area contributed by atoms with Crippen LogP contribution in [-0.2, 0) is 4.74 Å². The fraction of sp³-hybridized carbons (Fsp3) is 0.571. The van der Waals surface area contributed by atoms with Crippen LogP contribution in [0.25, 0.3) is 0 Å². The Bertz CT molecular complexity index is 397. The molecule has 1 aliphatic carbocycles. The molecule has 1 aromatic carbocycles. The Kier molecular flexibility index (Phi) is 4.89. The molecular formula is C14H20BrNO2. The average Bonchev–Trinajstić information content (AvgIpc) is 2.38. The van der Waals surface area contributed by atoms with Crippen molar-refractivity contribution in [1.29, 1.82) is 0 Å². The molecule has 3 nitrogen and oxygen atoms in total. The molecule has 0 aliphatic heterocycles. The first-order valence-electron chi connectivity index (χ1n) is 6.35. The number of benzene rings is 1. The Balaban J connectivity index is 2.02. The van der Waals surface area contributed by atoms with Crippen LogP contribution in [0.5, 0.6) is 5.75 Å². The monoisotopic (exact) mass is 313 g/mol. The van der Waals surface area contributed by atoms with E-state index in [1.165, 1.54) is 19.3 Å². The van der Waals surface area contributed by atoms with Crippen LogP contribution in [-0.4, -0.2) is 26.4 Å². The molecule has 1 aromatic rings. The summed E-state index contributed by atoms with van der Waals surface area (Å²) < 4.78 is 11.8. The van der Waals surface area contributed by atoms with E-state index in [2.05, 4.69) is 27.3 Å². The molecule has 0 aromatic heterocycles. The van der Waals surface area contributed by atoms with Gasteiger partial charge in [-0.15, -0.1) is 0 Å². The summed E-state index contributed by atoms with van der Waals surface area (Å²) in [5.74, 6) is 0.867. The third kappa shape index (κ3) is 3.62. The van der Waals surface area contributed by atoms with E-state index in [0.717, 1.165) is 22.3 Å². The van der Waals surface area contributed by atoms with Crippen LogP contribution in [0.4, 0.5) is 5.69 Å². The summed E-state index contributed by atoms with van der Waals surface area (Å²) in [6.07, 6.45) is 5.07. The minimum absolute atomic E-state index is 0.394. The number of halogens is 1. The quantitative estimate of drug-likeness (QED) is 0.916. The number of methoxy groups -OCH3 is 2. The van der Waals surface area contributed by atoms with E-state index in [1.54, 1.807) is 14.2 Å². The molecule has 18 heavy (non-hydrogen) atoms. The van der Waals surface area contributed by atoms with Gasteiger partial charge in [-0.3, -0.25) is 0 Å². The zero-order valence-corrected chi connectivity index (χ0v) is 12.5. The number of anilines is 1. The van der Waals surface area contributed by atoms with Crippen molar-refractivity contribution in [1.82, 2.24) is 0 Å². The van der Waals surface area contributed by atoms with Gasteiger partial charge in [-0.1, -0.05) is 15.9 Å². The molecule has 0 amide bonds. The maximum Gasteiger partial charge on any atom is 0.122 e. The Morgan fingerprint density at radius 3 is 2.78 bits per heavy atom. The van der Waals surface area contributed by atoms with E-state index in [-0.39, 0.29) is 0 Å². The second-order valence-electron chi connectivity index (χ2n) is 4.75. The van der Waals surface area contributed by atoms with Crippen molar-refractivity contribution in [2.75, 3.05) is 19.5 Å². The first-order valence-corrected chi connectivity index (χ1v) is 7.14. The molecule has 0 saturated heterocycles. The summed E-state index contributed by atoms with van der Waals surface area (Å²) in [6, 6.07) is 6.56. The van der Waals surface area contributed by atoms with Gasteiger partial charge in [0.1, 0.15) is 5.75 Å². The molecule has 4 heteroatoms. The van der Waals surface area contributed by atoms with Gasteiger partial charge in [0, 0.05) is 29.4 Å². The molecule has 2 atom stereocenters. The summed E-state index contributed by atoms with van der Waals surface area (Å²) >= 11 is 3.50. The fourth-order valence-corrected chi connectivity index (χ4v) is 2.96. The average molecular weight is 314 g/mol. The minimum Gasteiger partial charge on any atom is -0.497 e. The number of hydrogen-bond donors (Lipinski definition) is 1. The highest BCUT2D eigenvalue weighted by molar-refractivity contribution is 9.10. The van der Waals surface area contributed by atoms with E-state index in [9.17, 15) is 0 Å². The van der Waals surface area contributed by atoms with Crippen LogP contribution < -0.4 is 10.1 Å². The summed E-state index contributed by atoms with van der Waals surface area (Å²) in [5, 5.41) is 3.57. The van der Waals surface area contributed by atoms with Gasteiger partial charge >= 0.3 is 0 Å². The topological polar surface area (TPSA) is 30.5 Å². The minimum atomic E-state index is 0.394. The van der Waals surface area contributed by atoms with Crippen molar-refractivity contribution in [3.63, 3.8) is 0 Å². The molecule has 100 valence electrons. The zero-order valence-electron chi connectivity index (χ0n) is 10.9. The van der Waals surface area contributed by atoms with Gasteiger partial charge in [-0.05, 0) is 37.8 Å². The molecule has 0 bridgehead atoms. The smallest absolute Gasteiger partial charge is 0.122 e. The van der Waals surface area contributed by atoms with Crippen molar-refractivity contribution in [3.05, 3.63) is 22.7 Å². The molecule has 2 rings (SSSR count). The Morgan fingerprint density at radius 2 is 2.06 bits per heavy atom. The van der Waals surface area contributed by atoms with Crippen molar-refractivity contribution < 1.29 is 9.47 Å². The summed E-state index contributed by atoms with van der Waals surface area (Å²) in [5.41, 5.74) is 1.10. The van der Waals surface area contributed by atoms with E-state index < -0.39 is 0 Å². The molecular weight excluding hydrogens is 294 g/mol. The molecule has 0 radical (unpaired) electrons. The second kappa shape index (κ2) is 6.43. The molecule has 0 heterocycles. The highest BCUT2D eigenvalue weighted by atomic mass is 79.9. The highest BCUT2D eigenvalue weighted by Gasteiger charge is 2.21. The highest BCUT2D eigenvalue weighted by Crippen LogP contribution is 2.28. The summed E-state index contributed by atoms with van der Waals surface area (Å²) in [6.45, 7) is 0. The predicted molar refractivity (Wildman–Crippen MR) is 77.4 cm³/mol. The summed E-state index contributed by atoms with van der Waals surface area (Å²) in [4.78, 5) is 0. The van der Waals surface area contributed by atoms with Gasteiger partial charge in [-0.25, -0.2) is 0 Å². The SMILES string of the molecule is COc1cc(Br)cc(NC2CCCC(OC)C2)c1. The molecule has 2 unspecified atom stereocenters. The molecule has 1 aliphatic rings. The van der Waals surface area contributed by atoms with Crippen LogP contribution in [0.15, 0.2) is 22.7 Å². The lowest BCUT2D eigenvalue weighted by Gasteiger charge is -2.29. The van der Waals surface area contributed by atoms with E-state index >= 15 is 0 Å². The van der Waals surface area contributed by atoms with Crippen molar-refractivity contribution in [2.24, 2.45) is 0 Å². The van der Waals surface area contributed by atoms with E-state index in [4.69, 9.17) is 9.47 Å². The van der Waals surface area contributed by atoms with Crippen LogP contribution in [0.2, 0.25) is 0 Å². The lowest BCUT2D eigenvalue weighted by Crippen LogP contribution is -2.30. The lowest BCUT2D eigenvalue weighted by atomic mass is 9.92. The van der Waals surface area contributed by atoms with E-state index in [1.807, 2.05) is 12.1 Å². The lowest BCUT2D eigenvalue weighted by molar-refractivity contribution is 0.0669. The van der Waals surface area contributed by atoms with Gasteiger partial charge in [0.05, 0.1) is 13.2 Å². The number of rotatable bonds is 4. The van der Waals surface area contributed by atoms with Crippen LogP contribution in [0, 0.1) is 0 Å². The van der Waals surface area contributed by atoms with Crippen LogP contribution in [0.3, 0.4) is 0 Å². The second-order valence-corrected chi connectivity index (χ2v) is 5.66. The molecule has 1 N–H and O–H groups in total. The molecule has 1 saturated carbocycles. The third-order valence-corrected chi connectivity index (χ3v) is 3.90. The molecule has 0 spiro atoms. The van der Waals surface area contributed by atoms with Crippen LogP contribution in [0.1, 0.15) is 25.7 Å². The summed E-state index contributed by atoms with van der Waals surface area (Å²) in [7, 11) is 3.49. The van der Waals surface area contributed by atoms with Gasteiger partial charge in [0.25, 0.3) is 0 Å². The normalized spacial score (nSPS) is 23.7. The fourth-order valence-electron chi connectivity index (χ4n) is 2.49. The first kappa shape index (κ1) is 13.7. The van der Waals surface area contributed by atoms with Crippen LogP contribution >= 0.6 is 15.9 Å². The number of hydrogen-bond acceptors (Lipinski definition) is 3. The van der Waals surface area contributed by atoms with Crippen molar-refractivity contribution >= 4 is 21.6 Å². The van der Waals surface area contributed by atoms with Crippen molar-refractivity contribution in [3.8, 4) is 5.75 Å². The van der Waals surface area contributed by atoms with Gasteiger partial charge in [0.15, 0.2) is 0 Å². The maximum absolute atomic E-state index is 5.45. The maximum atomic E-state index is 5.45. The third-order valence-electron chi connectivity index (χ3n) is 3.44. The zero-order chi connectivity index (χ0) is 13.0. The van der Waals surface area contributed by atoms with Crippen molar-refractivity contribution in [2.45, 2.75) is 37.8 Å². The van der Waals surface area contributed by atoms with Gasteiger partial charge < -0.3 is 14.8 Å². The van der Waals surface area contributed by atoms with Gasteiger partial charge in [-0.2, -0.15) is 0 Å².